The number of nitrogen functional groups attached to an aromatic ring is 1. The average molecular weight is 227 g/mol. The molecule has 0 atom stereocenters. The smallest absolute Gasteiger partial charge is 0.223 e. The number of anilines is 1. The Kier molecular flexibility index (Phi) is 3.35. The Balaban J connectivity index is 2.24. The van der Waals surface area contributed by atoms with Gasteiger partial charge >= 0.3 is 0 Å². The maximum atomic E-state index is 5.57. The Bertz CT molecular complexity index is 523. The van der Waals surface area contributed by atoms with Crippen LogP contribution in [-0.4, -0.2) is 17.1 Å². The number of ether oxygens (including phenoxy) is 1. The van der Waals surface area contributed by atoms with Gasteiger partial charge in [-0.15, -0.1) is 0 Å². The van der Waals surface area contributed by atoms with Crippen molar-refractivity contribution < 1.29 is 4.74 Å². The molecule has 4 nitrogen and oxygen atoms in total. The molecule has 0 amide bonds. The summed E-state index contributed by atoms with van der Waals surface area (Å²) in [5.41, 5.74) is 7.39. The van der Waals surface area contributed by atoms with E-state index in [1.165, 1.54) is 0 Å². The molecule has 0 bridgehead atoms. The summed E-state index contributed by atoms with van der Waals surface area (Å²) in [6, 6.07) is 11.7. The van der Waals surface area contributed by atoms with Crippen molar-refractivity contribution in [3.63, 3.8) is 0 Å². The number of hydrogen-bond donors (Lipinski definition) is 1. The zero-order valence-electron chi connectivity index (χ0n) is 9.50. The summed E-state index contributed by atoms with van der Waals surface area (Å²) in [7, 11) is 1.55. The number of rotatable bonds is 3. The minimum Gasteiger partial charge on any atom is -0.481 e. The largest absolute Gasteiger partial charge is 0.481 e. The van der Waals surface area contributed by atoms with Gasteiger partial charge in [-0.05, 0) is 11.6 Å². The summed E-state index contributed by atoms with van der Waals surface area (Å²) in [5, 5.41) is 0. The minimum atomic E-state index is 0.206. The van der Waals surface area contributed by atoms with Gasteiger partial charge in [-0.2, -0.15) is 4.98 Å². The monoisotopic (exact) mass is 227 g/mol. The number of benzene rings is 1. The van der Waals surface area contributed by atoms with Gasteiger partial charge in [0.05, 0.1) is 12.8 Å². The average Bonchev–Trinajstić information content (AvgIpc) is 2.37. The lowest BCUT2D eigenvalue weighted by molar-refractivity contribution is 0.397. The molecule has 0 saturated carbocycles. The SMILES string of the molecule is COc1cc(/C=C/c2ccccc2)nc(N)n1. The van der Waals surface area contributed by atoms with Crippen LogP contribution in [0.25, 0.3) is 12.2 Å². The third kappa shape index (κ3) is 3.04. The van der Waals surface area contributed by atoms with E-state index in [4.69, 9.17) is 10.5 Å². The molecule has 17 heavy (non-hydrogen) atoms. The zero-order valence-corrected chi connectivity index (χ0v) is 9.50. The second-order valence-corrected chi connectivity index (χ2v) is 3.44. The predicted octanol–water partition coefficient (Wildman–Crippen LogP) is 2.24. The normalized spacial score (nSPS) is 10.6. The molecule has 1 heterocycles. The van der Waals surface area contributed by atoms with Crippen LogP contribution >= 0.6 is 0 Å². The molecular formula is C13H13N3O. The third-order valence-electron chi connectivity index (χ3n) is 2.20. The lowest BCUT2D eigenvalue weighted by Crippen LogP contribution is -1.98. The number of nitrogens with zero attached hydrogens (tertiary/aromatic N) is 2. The highest BCUT2D eigenvalue weighted by Crippen LogP contribution is 2.12. The fraction of sp³-hybridized carbons (Fsp3) is 0.0769. The molecule has 4 heteroatoms. The van der Waals surface area contributed by atoms with E-state index in [9.17, 15) is 0 Å². The van der Waals surface area contributed by atoms with E-state index < -0.39 is 0 Å². The topological polar surface area (TPSA) is 61.0 Å². The standard InChI is InChI=1S/C13H13N3O/c1-17-12-9-11(15-13(14)16-12)8-7-10-5-3-2-4-6-10/h2-9H,1H3,(H2,14,15,16)/b8-7+. The van der Waals surface area contributed by atoms with E-state index in [-0.39, 0.29) is 5.95 Å². The minimum absolute atomic E-state index is 0.206. The van der Waals surface area contributed by atoms with Gasteiger partial charge in [0.1, 0.15) is 0 Å². The van der Waals surface area contributed by atoms with Crippen LogP contribution in [0.2, 0.25) is 0 Å². The molecule has 86 valence electrons. The highest BCUT2D eigenvalue weighted by Gasteiger charge is 1.99. The highest BCUT2D eigenvalue weighted by molar-refractivity contribution is 5.68. The van der Waals surface area contributed by atoms with Crippen molar-refractivity contribution in [1.82, 2.24) is 9.97 Å². The molecule has 0 aliphatic carbocycles. The fourth-order valence-electron chi connectivity index (χ4n) is 1.40. The second kappa shape index (κ2) is 5.12. The summed E-state index contributed by atoms with van der Waals surface area (Å²) in [6.07, 6.45) is 3.83. The molecule has 0 spiro atoms. The number of hydrogen-bond acceptors (Lipinski definition) is 4. The molecular weight excluding hydrogens is 214 g/mol. The lowest BCUT2D eigenvalue weighted by Gasteiger charge is -2.01. The Morgan fingerprint density at radius 1 is 1.12 bits per heavy atom. The molecule has 0 radical (unpaired) electrons. The van der Waals surface area contributed by atoms with E-state index in [0.29, 0.717) is 5.88 Å². The van der Waals surface area contributed by atoms with Crippen LogP contribution in [0.1, 0.15) is 11.3 Å². The fourth-order valence-corrected chi connectivity index (χ4v) is 1.40. The molecule has 0 saturated heterocycles. The molecule has 1 aromatic heterocycles. The first-order chi connectivity index (χ1) is 8.28. The summed E-state index contributed by atoms with van der Waals surface area (Å²) in [4.78, 5) is 8.01. The summed E-state index contributed by atoms with van der Waals surface area (Å²) >= 11 is 0. The van der Waals surface area contributed by atoms with Crippen molar-refractivity contribution in [2.75, 3.05) is 12.8 Å². The van der Waals surface area contributed by atoms with Crippen molar-refractivity contribution in [1.29, 1.82) is 0 Å². The van der Waals surface area contributed by atoms with Gasteiger partial charge in [-0.25, -0.2) is 4.98 Å². The van der Waals surface area contributed by atoms with Crippen LogP contribution in [0.3, 0.4) is 0 Å². The summed E-state index contributed by atoms with van der Waals surface area (Å²) in [5.74, 6) is 0.669. The van der Waals surface area contributed by atoms with E-state index in [1.807, 2.05) is 42.5 Å². The van der Waals surface area contributed by atoms with Crippen LogP contribution in [0.4, 0.5) is 5.95 Å². The van der Waals surface area contributed by atoms with Gasteiger partial charge < -0.3 is 10.5 Å². The Morgan fingerprint density at radius 2 is 1.88 bits per heavy atom. The highest BCUT2D eigenvalue weighted by atomic mass is 16.5. The van der Waals surface area contributed by atoms with Gasteiger partial charge in [0, 0.05) is 6.07 Å². The Labute approximate surface area is 99.8 Å². The lowest BCUT2D eigenvalue weighted by atomic mass is 10.2. The van der Waals surface area contributed by atoms with Crippen molar-refractivity contribution in [2.24, 2.45) is 0 Å². The second-order valence-electron chi connectivity index (χ2n) is 3.44. The van der Waals surface area contributed by atoms with Crippen molar-refractivity contribution in [3.8, 4) is 5.88 Å². The van der Waals surface area contributed by atoms with Gasteiger partial charge in [0.25, 0.3) is 0 Å². The Hall–Kier alpha value is -2.36. The number of nitrogens with two attached hydrogens (primary N) is 1. The van der Waals surface area contributed by atoms with Crippen LogP contribution in [0, 0.1) is 0 Å². The van der Waals surface area contributed by atoms with Crippen LogP contribution in [0.15, 0.2) is 36.4 Å². The maximum Gasteiger partial charge on any atom is 0.223 e. The molecule has 0 unspecified atom stereocenters. The number of methoxy groups -OCH3 is 1. The quantitative estimate of drug-likeness (QED) is 0.873. The van der Waals surface area contributed by atoms with Crippen molar-refractivity contribution in [3.05, 3.63) is 47.7 Å². The van der Waals surface area contributed by atoms with Gasteiger partial charge in [0.15, 0.2) is 0 Å². The molecule has 2 rings (SSSR count). The maximum absolute atomic E-state index is 5.57. The molecule has 0 aliphatic heterocycles. The summed E-state index contributed by atoms with van der Waals surface area (Å²) < 4.78 is 5.02. The van der Waals surface area contributed by atoms with E-state index in [2.05, 4.69) is 9.97 Å². The molecule has 0 aliphatic rings. The first-order valence-corrected chi connectivity index (χ1v) is 5.19. The van der Waals surface area contributed by atoms with Crippen molar-refractivity contribution >= 4 is 18.1 Å². The van der Waals surface area contributed by atoms with E-state index in [0.717, 1.165) is 11.3 Å². The van der Waals surface area contributed by atoms with E-state index >= 15 is 0 Å². The van der Waals surface area contributed by atoms with Gasteiger partial charge in [0.2, 0.25) is 11.8 Å². The zero-order chi connectivity index (χ0) is 12.1. The molecule has 2 aromatic rings. The van der Waals surface area contributed by atoms with Crippen molar-refractivity contribution in [2.45, 2.75) is 0 Å². The predicted molar refractivity (Wildman–Crippen MR) is 68.4 cm³/mol. The molecule has 0 fully saturated rings. The summed E-state index contributed by atoms with van der Waals surface area (Å²) in [6.45, 7) is 0. The Morgan fingerprint density at radius 3 is 2.59 bits per heavy atom. The third-order valence-corrected chi connectivity index (χ3v) is 2.20. The van der Waals surface area contributed by atoms with Crippen LogP contribution < -0.4 is 10.5 Å². The van der Waals surface area contributed by atoms with E-state index in [1.54, 1.807) is 13.2 Å². The van der Waals surface area contributed by atoms with Crippen LogP contribution in [0.5, 0.6) is 5.88 Å². The van der Waals surface area contributed by atoms with Crippen LogP contribution in [-0.2, 0) is 0 Å². The van der Waals surface area contributed by atoms with Gasteiger partial charge in [-0.1, -0.05) is 36.4 Å². The first kappa shape index (κ1) is 11.1. The first-order valence-electron chi connectivity index (χ1n) is 5.19. The molecule has 1 aromatic carbocycles. The number of aromatic nitrogens is 2. The molecule has 2 N–H and O–H groups in total. The van der Waals surface area contributed by atoms with Gasteiger partial charge in [-0.3, -0.25) is 0 Å².